The molecule has 9 nitrogen and oxygen atoms in total. The molecule has 1 rings (SSSR count). The van der Waals surface area contributed by atoms with Crippen molar-refractivity contribution in [2.75, 3.05) is 33.7 Å². The zero-order valence-electron chi connectivity index (χ0n) is 15.5. The Morgan fingerprint density at radius 3 is 2.40 bits per heavy atom. The molecule has 0 atom stereocenters. The first-order chi connectivity index (χ1) is 11.7. The molecule has 25 heavy (non-hydrogen) atoms. The first kappa shape index (κ1) is 22.0. The van der Waals surface area contributed by atoms with E-state index < -0.39 is 7.60 Å². The Morgan fingerprint density at radius 1 is 1.20 bits per heavy atom. The van der Waals surface area contributed by atoms with Gasteiger partial charge in [0.15, 0.2) is 0 Å². The van der Waals surface area contributed by atoms with Crippen molar-refractivity contribution in [3.8, 4) is 6.01 Å². The van der Waals surface area contributed by atoms with Crippen molar-refractivity contribution >= 4 is 30.6 Å². The molecule has 144 valence electrons. The molecule has 0 aromatic carbocycles. The number of hydrogen-bond donors (Lipinski definition) is 0. The fourth-order valence-corrected chi connectivity index (χ4v) is 3.85. The van der Waals surface area contributed by atoms with Gasteiger partial charge in [0.2, 0.25) is 5.13 Å². The number of rotatable bonds is 12. The third kappa shape index (κ3) is 9.86. The van der Waals surface area contributed by atoms with E-state index in [0.29, 0.717) is 5.13 Å². The minimum absolute atomic E-state index is 0.129. The van der Waals surface area contributed by atoms with Crippen LogP contribution in [0.25, 0.3) is 0 Å². The van der Waals surface area contributed by atoms with Crippen LogP contribution < -0.4 is 4.74 Å². The maximum absolute atomic E-state index is 12.5. The molecule has 0 bridgehead atoms. The number of aromatic nitrogens is 2. The summed E-state index contributed by atoms with van der Waals surface area (Å²) in [6, 6.07) is 0.236. The first-order valence-corrected chi connectivity index (χ1v) is 10.4. The summed E-state index contributed by atoms with van der Waals surface area (Å²) in [4.78, 5) is 10.0. The van der Waals surface area contributed by atoms with Gasteiger partial charge >= 0.3 is 13.6 Å². The quantitative estimate of drug-likeness (QED) is 0.231. The summed E-state index contributed by atoms with van der Waals surface area (Å²) in [6.07, 6.45) is 1.07. The van der Waals surface area contributed by atoms with Gasteiger partial charge in [0.25, 0.3) is 0 Å². The Kier molecular flexibility index (Phi) is 9.52. The molecule has 0 aliphatic heterocycles. The van der Waals surface area contributed by atoms with Crippen LogP contribution in [0.3, 0.4) is 0 Å². The van der Waals surface area contributed by atoms with Crippen LogP contribution in [0, 0.1) is 0 Å². The second-order valence-corrected chi connectivity index (χ2v) is 8.50. The minimum Gasteiger partial charge on any atom is -0.460 e. The first-order valence-electron chi connectivity index (χ1n) is 7.91. The Labute approximate surface area is 153 Å². The van der Waals surface area contributed by atoms with E-state index in [1.54, 1.807) is 38.9 Å². The van der Waals surface area contributed by atoms with Crippen LogP contribution in [0.15, 0.2) is 4.99 Å². The van der Waals surface area contributed by atoms with Gasteiger partial charge in [-0.1, -0.05) is 0 Å². The highest BCUT2D eigenvalue weighted by molar-refractivity contribution is 7.53. The monoisotopic (exact) mass is 394 g/mol. The van der Waals surface area contributed by atoms with Gasteiger partial charge in [-0.05, 0) is 27.7 Å². The standard InChI is InChI=1S/C14H27N4O5PS/c1-11(2)22-24(19,23-12(3)4)10-20-7-8-21-13-16-14(25-17-13)15-9-18(5)6/h9,11-12H,7-8,10H2,1-6H3. The second-order valence-electron chi connectivity index (χ2n) is 5.87. The lowest BCUT2D eigenvalue weighted by Gasteiger charge is -2.22. The maximum Gasteiger partial charge on any atom is 0.356 e. The lowest BCUT2D eigenvalue weighted by atomic mass is 10.5. The maximum atomic E-state index is 12.5. The molecule has 0 fully saturated rings. The van der Waals surface area contributed by atoms with Gasteiger partial charge < -0.3 is 23.4 Å². The van der Waals surface area contributed by atoms with Gasteiger partial charge in [-0.15, -0.1) is 4.37 Å². The van der Waals surface area contributed by atoms with Gasteiger partial charge in [-0.3, -0.25) is 4.57 Å². The summed E-state index contributed by atoms with van der Waals surface area (Å²) in [5.74, 6) is 0. The highest BCUT2D eigenvalue weighted by Gasteiger charge is 2.28. The topological polar surface area (TPSA) is 95.4 Å². The van der Waals surface area contributed by atoms with Crippen molar-refractivity contribution in [1.82, 2.24) is 14.3 Å². The summed E-state index contributed by atoms with van der Waals surface area (Å²) in [6.45, 7) is 7.61. The smallest absolute Gasteiger partial charge is 0.356 e. The number of aliphatic imine (C=N–C) groups is 1. The summed E-state index contributed by atoms with van der Waals surface area (Å²) in [7, 11) is 0.441. The molecule has 11 heteroatoms. The minimum atomic E-state index is -3.29. The predicted molar refractivity (Wildman–Crippen MR) is 98.1 cm³/mol. The van der Waals surface area contributed by atoms with Crippen molar-refractivity contribution in [2.24, 2.45) is 4.99 Å². The fraction of sp³-hybridized carbons (Fsp3) is 0.786. The van der Waals surface area contributed by atoms with Crippen LogP contribution in [0.1, 0.15) is 27.7 Å². The molecule has 0 unspecified atom stereocenters. The van der Waals surface area contributed by atoms with Crippen LogP contribution in [0.5, 0.6) is 6.01 Å². The average Bonchev–Trinajstić information content (AvgIpc) is 2.90. The summed E-state index contributed by atoms with van der Waals surface area (Å²) < 4.78 is 38.1. The van der Waals surface area contributed by atoms with E-state index in [1.165, 1.54) is 0 Å². The lowest BCUT2D eigenvalue weighted by Crippen LogP contribution is -2.14. The third-order valence-electron chi connectivity index (χ3n) is 2.25. The van der Waals surface area contributed by atoms with Gasteiger partial charge in [-0.2, -0.15) is 4.98 Å². The highest BCUT2D eigenvalue weighted by Crippen LogP contribution is 2.50. The van der Waals surface area contributed by atoms with E-state index in [0.717, 1.165) is 11.5 Å². The van der Waals surface area contributed by atoms with E-state index in [2.05, 4.69) is 14.3 Å². The zero-order valence-corrected chi connectivity index (χ0v) is 17.2. The SMILES string of the molecule is CC(C)OP(=O)(COCCOc1nsc(N=CN(C)C)n1)OC(C)C. The molecule has 0 aliphatic carbocycles. The van der Waals surface area contributed by atoms with Crippen molar-refractivity contribution in [2.45, 2.75) is 39.9 Å². The Morgan fingerprint density at radius 2 is 1.84 bits per heavy atom. The Balaban J connectivity index is 2.35. The third-order valence-corrected chi connectivity index (χ3v) is 4.84. The van der Waals surface area contributed by atoms with Crippen LogP contribution in [-0.4, -0.2) is 66.5 Å². The molecule has 0 saturated heterocycles. The van der Waals surface area contributed by atoms with Crippen LogP contribution in [0.2, 0.25) is 0 Å². The summed E-state index contributed by atoms with van der Waals surface area (Å²) in [5, 5.41) is 0.504. The van der Waals surface area contributed by atoms with Crippen molar-refractivity contribution in [3.63, 3.8) is 0 Å². The molecule has 0 saturated carbocycles. The molecular weight excluding hydrogens is 367 g/mol. The van der Waals surface area contributed by atoms with E-state index in [9.17, 15) is 4.57 Å². The number of hydrogen-bond acceptors (Lipinski definition) is 9. The largest absolute Gasteiger partial charge is 0.460 e. The predicted octanol–water partition coefficient (Wildman–Crippen LogP) is 3.16. The van der Waals surface area contributed by atoms with Gasteiger partial charge in [0.1, 0.15) is 13.0 Å². The Bertz CT molecular complexity index is 565. The molecular formula is C14H27N4O5PS. The molecule has 0 N–H and O–H groups in total. The van der Waals surface area contributed by atoms with E-state index in [-0.39, 0.29) is 37.8 Å². The van der Waals surface area contributed by atoms with Crippen molar-refractivity contribution in [1.29, 1.82) is 0 Å². The highest BCUT2D eigenvalue weighted by atomic mass is 32.1. The summed E-state index contributed by atoms with van der Waals surface area (Å²) in [5.41, 5.74) is 0. The van der Waals surface area contributed by atoms with Crippen LogP contribution in [0.4, 0.5) is 5.13 Å². The Hall–Kier alpha value is -1.06. The average molecular weight is 394 g/mol. The number of nitrogens with zero attached hydrogens (tertiary/aromatic N) is 4. The molecule has 0 radical (unpaired) electrons. The van der Waals surface area contributed by atoms with Gasteiger partial charge in [-0.25, -0.2) is 4.99 Å². The molecule has 1 aromatic heterocycles. The normalized spacial score (nSPS) is 12.5. The van der Waals surface area contributed by atoms with Gasteiger partial charge in [0.05, 0.1) is 25.2 Å². The molecule has 1 heterocycles. The molecule has 0 amide bonds. The van der Waals surface area contributed by atoms with E-state index in [1.807, 2.05) is 14.1 Å². The van der Waals surface area contributed by atoms with Gasteiger partial charge in [0, 0.05) is 25.6 Å². The second kappa shape index (κ2) is 10.8. The van der Waals surface area contributed by atoms with Crippen LogP contribution in [-0.2, 0) is 18.3 Å². The number of ether oxygens (including phenoxy) is 2. The molecule has 0 aliphatic rings. The van der Waals surface area contributed by atoms with E-state index >= 15 is 0 Å². The van der Waals surface area contributed by atoms with Crippen molar-refractivity contribution < 1.29 is 23.1 Å². The van der Waals surface area contributed by atoms with Crippen molar-refractivity contribution in [3.05, 3.63) is 0 Å². The molecule has 1 aromatic rings. The van der Waals surface area contributed by atoms with Crippen LogP contribution >= 0.6 is 19.1 Å². The van der Waals surface area contributed by atoms with E-state index in [4.69, 9.17) is 18.5 Å². The lowest BCUT2D eigenvalue weighted by molar-refractivity contribution is 0.0838. The zero-order chi connectivity index (χ0) is 18.9. The fourth-order valence-electron chi connectivity index (χ4n) is 1.57. The summed E-state index contributed by atoms with van der Waals surface area (Å²) >= 11 is 1.14. The molecule has 0 spiro atoms.